The third kappa shape index (κ3) is 6.70. The number of pyridine rings is 2. The zero-order valence-electron chi connectivity index (χ0n) is 29.1. The van der Waals surface area contributed by atoms with Crippen LogP contribution in [0.15, 0.2) is 77.5 Å². The summed E-state index contributed by atoms with van der Waals surface area (Å²) in [5.41, 5.74) is 10.8. The average molecular weight is 666 g/mol. The molecule has 1 fully saturated rings. The van der Waals surface area contributed by atoms with Crippen molar-refractivity contribution in [2.75, 3.05) is 25.0 Å². The maximum Gasteiger partial charge on any atom is 0.227 e. The van der Waals surface area contributed by atoms with Crippen molar-refractivity contribution in [2.45, 2.75) is 59.7 Å². The molecular formula is C41H43N7O2. The molecule has 2 unspecified atom stereocenters. The molecule has 9 nitrogen and oxygen atoms in total. The number of hydrogen-bond acceptors (Lipinski definition) is 9. The molecule has 0 aliphatic carbocycles. The lowest BCUT2D eigenvalue weighted by Gasteiger charge is -2.17. The van der Waals surface area contributed by atoms with Gasteiger partial charge in [0.05, 0.1) is 12.2 Å². The molecule has 1 aliphatic heterocycles. The number of nitriles is 1. The van der Waals surface area contributed by atoms with Crippen molar-refractivity contribution >= 4 is 33.5 Å². The van der Waals surface area contributed by atoms with E-state index >= 15 is 0 Å². The van der Waals surface area contributed by atoms with E-state index in [0.29, 0.717) is 40.8 Å². The molecule has 3 N–H and O–H groups in total. The summed E-state index contributed by atoms with van der Waals surface area (Å²) in [7, 11) is 0. The lowest BCUT2D eigenvalue weighted by atomic mass is 9.93. The quantitative estimate of drug-likeness (QED) is 0.126. The summed E-state index contributed by atoms with van der Waals surface area (Å²) in [6.07, 6.45) is 5.73. The highest BCUT2D eigenvalue weighted by molar-refractivity contribution is 5.91. The number of aliphatic hydroxyl groups excluding tert-OH is 1. The van der Waals surface area contributed by atoms with E-state index < -0.39 is 0 Å². The summed E-state index contributed by atoms with van der Waals surface area (Å²) in [4.78, 5) is 16.8. The third-order valence-corrected chi connectivity index (χ3v) is 9.99. The van der Waals surface area contributed by atoms with E-state index in [1.807, 2.05) is 36.5 Å². The fraction of sp³-hybridized carbons (Fsp3) is 0.317. The molecule has 1 saturated heterocycles. The maximum absolute atomic E-state index is 10.0. The van der Waals surface area contributed by atoms with Gasteiger partial charge in [0.15, 0.2) is 11.4 Å². The van der Waals surface area contributed by atoms with Gasteiger partial charge in [0, 0.05) is 54.7 Å². The van der Waals surface area contributed by atoms with Crippen molar-refractivity contribution < 1.29 is 9.52 Å². The zero-order valence-corrected chi connectivity index (χ0v) is 29.1. The molecule has 0 saturated carbocycles. The molecular weight excluding hydrogens is 622 g/mol. The molecule has 0 amide bonds. The first-order chi connectivity index (χ1) is 24.3. The Morgan fingerprint density at radius 3 is 2.58 bits per heavy atom. The van der Waals surface area contributed by atoms with Crippen LogP contribution in [0.2, 0.25) is 0 Å². The van der Waals surface area contributed by atoms with E-state index in [9.17, 15) is 10.4 Å². The summed E-state index contributed by atoms with van der Waals surface area (Å²) in [5.74, 6) is 1.90. The predicted molar refractivity (Wildman–Crippen MR) is 199 cm³/mol. The molecule has 6 aromatic rings. The summed E-state index contributed by atoms with van der Waals surface area (Å²) in [6.45, 7) is 12.3. The van der Waals surface area contributed by atoms with E-state index in [0.717, 1.165) is 81.6 Å². The first-order valence-electron chi connectivity index (χ1n) is 17.5. The Morgan fingerprint density at radius 1 is 1.02 bits per heavy atom. The monoisotopic (exact) mass is 665 g/mol. The summed E-state index contributed by atoms with van der Waals surface area (Å²) in [6, 6.07) is 22.9. The van der Waals surface area contributed by atoms with Crippen LogP contribution >= 0.6 is 0 Å². The van der Waals surface area contributed by atoms with Gasteiger partial charge in [-0.3, -0.25) is 9.88 Å². The third-order valence-electron chi connectivity index (χ3n) is 9.99. The van der Waals surface area contributed by atoms with Gasteiger partial charge < -0.3 is 20.2 Å². The van der Waals surface area contributed by atoms with Crippen molar-refractivity contribution in [1.82, 2.24) is 25.2 Å². The number of aliphatic hydroxyl groups is 1. The molecule has 3 aromatic heterocycles. The van der Waals surface area contributed by atoms with Crippen molar-refractivity contribution in [3.05, 3.63) is 101 Å². The maximum atomic E-state index is 10.0. The van der Waals surface area contributed by atoms with Gasteiger partial charge in [0.25, 0.3) is 0 Å². The van der Waals surface area contributed by atoms with Crippen LogP contribution in [0.5, 0.6) is 0 Å². The summed E-state index contributed by atoms with van der Waals surface area (Å²) < 4.78 is 6.32. The fourth-order valence-corrected chi connectivity index (χ4v) is 7.05. The number of oxazole rings is 1. The number of aromatic nitrogens is 3. The summed E-state index contributed by atoms with van der Waals surface area (Å²) >= 11 is 0. The SMILES string of the molecule is CCC(CO)NCc1cnc2c(Nc3cccc(-c4cccc(-c5nc6cc(CN7CCC(C)C7)cc(C#N)c6o5)c4C)c3C)nccc2c1. The van der Waals surface area contributed by atoms with E-state index in [4.69, 9.17) is 14.4 Å². The average Bonchev–Trinajstić information content (AvgIpc) is 3.75. The second-order valence-corrected chi connectivity index (χ2v) is 13.6. The van der Waals surface area contributed by atoms with Crippen molar-refractivity contribution in [2.24, 2.45) is 5.92 Å². The van der Waals surface area contributed by atoms with Crippen LogP contribution in [-0.2, 0) is 13.1 Å². The largest absolute Gasteiger partial charge is 0.435 e. The van der Waals surface area contributed by atoms with Crippen LogP contribution in [0.1, 0.15) is 54.5 Å². The molecule has 7 rings (SSSR count). The van der Waals surface area contributed by atoms with E-state index in [1.165, 1.54) is 6.42 Å². The number of likely N-dealkylation sites (tertiary alicyclic amines) is 1. The highest BCUT2D eigenvalue weighted by Crippen LogP contribution is 2.38. The van der Waals surface area contributed by atoms with Crippen LogP contribution in [0.4, 0.5) is 11.5 Å². The Morgan fingerprint density at radius 2 is 1.82 bits per heavy atom. The topological polar surface area (TPSA) is 123 Å². The molecule has 0 radical (unpaired) electrons. The van der Waals surface area contributed by atoms with Crippen LogP contribution in [0, 0.1) is 31.1 Å². The van der Waals surface area contributed by atoms with Crippen molar-refractivity contribution in [1.29, 1.82) is 5.26 Å². The minimum absolute atomic E-state index is 0.0632. The Kier molecular flexibility index (Phi) is 9.59. The van der Waals surface area contributed by atoms with E-state index in [2.05, 4.69) is 84.6 Å². The Labute approximate surface area is 293 Å². The molecule has 254 valence electrons. The fourth-order valence-electron chi connectivity index (χ4n) is 7.05. The van der Waals surface area contributed by atoms with Gasteiger partial charge in [0.2, 0.25) is 5.89 Å². The number of benzene rings is 3. The minimum atomic E-state index is 0.0632. The highest BCUT2D eigenvalue weighted by Gasteiger charge is 2.21. The molecule has 4 heterocycles. The molecule has 1 aliphatic rings. The van der Waals surface area contributed by atoms with E-state index in [1.54, 1.807) is 6.20 Å². The minimum Gasteiger partial charge on any atom is -0.435 e. The van der Waals surface area contributed by atoms with Gasteiger partial charge >= 0.3 is 0 Å². The second-order valence-electron chi connectivity index (χ2n) is 13.6. The standard InChI is InChI=1S/C41H43N7O2/c1-5-32(24-49)44-20-29-17-30-12-14-43-40(38(30)45-21-29)46-36-11-7-9-34(27(36)4)33-8-6-10-35(26(33)3)41-47-37-18-28(16-31(19-42)39(37)50-41)23-48-15-13-25(2)22-48/h6-12,14,16-18,21,25,32,44,49H,5,13,15,20,22-24H2,1-4H3,(H,43,46). The normalized spacial score (nSPS) is 15.5. The molecule has 0 spiro atoms. The summed E-state index contributed by atoms with van der Waals surface area (Å²) in [5, 5.41) is 27.5. The molecule has 0 bridgehead atoms. The van der Waals surface area contributed by atoms with Crippen molar-refractivity contribution in [3.63, 3.8) is 0 Å². The number of hydrogen-bond donors (Lipinski definition) is 3. The number of rotatable bonds is 11. The van der Waals surface area contributed by atoms with Crippen LogP contribution in [0.3, 0.4) is 0 Å². The van der Waals surface area contributed by atoms with Gasteiger partial charge in [-0.2, -0.15) is 5.26 Å². The van der Waals surface area contributed by atoms with Crippen LogP contribution in [-0.4, -0.2) is 50.7 Å². The predicted octanol–water partition coefficient (Wildman–Crippen LogP) is 8.04. The smallest absolute Gasteiger partial charge is 0.227 e. The first kappa shape index (κ1) is 33.4. The first-order valence-corrected chi connectivity index (χ1v) is 17.5. The lowest BCUT2D eigenvalue weighted by molar-refractivity contribution is 0.238. The number of nitrogens with one attached hydrogen (secondary N) is 2. The zero-order chi connectivity index (χ0) is 34.8. The number of fused-ring (bicyclic) bond motifs is 2. The van der Waals surface area contributed by atoms with Gasteiger partial charge in [-0.15, -0.1) is 0 Å². The Bertz CT molecular complexity index is 2220. The van der Waals surface area contributed by atoms with Crippen LogP contribution in [0.25, 0.3) is 44.6 Å². The Balaban J connectivity index is 1.17. The van der Waals surface area contributed by atoms with Gasteiger partial charge in [-0.1, -0.05) is 38.1 Å². The molecule has 2 atom stereocenters. The van der Waals surface area contributed by atoms with Gasteiger partial charge in [-0.05, 0) is 109 Å². The second kappa shape index (κ2) is 14.4. The van der Waals surface area contributed by atoms with Gasteiger partial charge in [-0.25, -0.2) is 9.97 Å². The molecule has 9 heteroatoms. The number of nitrogens with zero attached hydrogens (tertiary/aromatic N) is 5. The molecule has 3 aromatic carbocycles. The molecule has 50 heavy (non-hydrogen) atoms. The lowest BCUT2D eigenvalue weighted by Crippen LogP contribution is -2.31. The van der Waals surface area contributed by atoms with Gasteiger partial charge in [0.1, 0.15) is 17.1 Å². The highest BCUT2D eigenvalue weighted by atomic mass is 16.3. The Hall–Kier alpha value is -5.14. The number of anilines is 2. The van der Waals surface area contributed by atoms with Crippen LogP contribution < -0.4 is 10.6 Å². The van der Waals surface area contributed by atoms with Crippen molar-refractivity contribution in [3.8, 4) is 28.7 Å². The van der Waals surface area contributed by atoms with E-state index in [-0.39, 0.29) is 12.6 Å².